The normalized spacial score (nSPS) is 18.1. The second kappa shape index (κ2) is 6.94. The average molecular weight is 396 g/mol. The highest BCUT2D eigenvalue weighted by Gasteiger charge is 2.27. The molecule has 0 saturated heterocycles. The van der Waals surface area contributed by atoms with Crippen molar-refractivity contribution in [3.05, 3.63) is 41.0 Å². The van der Waals surface area contributed by atoms with Crippen molar-refractivity contribution in [1.29, 1.82) is 0 Å². The SMILES string of the molecule is Cc1c(C(=O)NC2CC2)sc2ncnc(NC[C@@H]3COc4ccccc4O3)c12. The number of hydrogen-bond acceptors (Lipinski definition) is 7. The summed E-state index contributed by atoms with van der Waals surface area (Å²) in [6.07, 6.45) is 3.53. The lowest BCUT2D eigenvalue weighted by molar-refractivity contribution is 0.0954. The van der Waals surface area contributed by atoms with E-state index in [1.165, 1.54) is 17.7 Å². The smallest absolute Gasteiger partial charge is 0.261 e. The average Bonchev–Trinajstić information content (AvgIpc) is 3.47. The molecule has 2 N–H and O–H groups in total. The van der Waals surface area contributed by atoms with Crippen LogP contribution in [0.4, 0.5) is 5.82 Å². The maximum Gasteiger partial charge on any atom is 0.261 e. The summed E-state index contributed by atoms with van der Waals surface area (Å²) in [6, 6.07) is 7.98. The van der Waals surface area contributed by atoms with E-state index in [1.54, 1.807) is 0 Å². The molecular formula is C20H20N4O3S. The van der Waals surface area contributed by atoms with E-state index in [2.05, 4.69) is 20.6 Å². The Balaban J connectivity index is 1.34. The third-order valence-corrected chi connectivity index (χ3v) is 6.11. The van der Waals surface area contributed by atoms with E-state index in [0.717, 1.165) is 40.1 Å². The second-order valence-electron chi connectivity index (χ2n) is 7.08. The predicted molar refractivity (Wildman–Crippen MR) is 107 cm³/mol. The highest BCUT2D eigenvalue weighted by Crippen LogP contribution is 2.34. The third-order valence-electron chi connectivity index (χ3n) is 4.91. The van der Waals surface area contributed by atoms with Crippen LogP contribution in [0.2, 0.25) is 0 Å². The van der Waals surface area contributed by atoms with E-state index in [0.29, 0.717) is 29.9 Å². The molecule has 144 valence electrons. The van der Waals surface area contributed by atoms with Crippen molar-refractivity contribution >= 4 is 33.3 Å². The van der Waals surface area contributed by atoms with E-state index in [1.807, 2.05) is 31.2 Å². The first kappa shape index (κ1) is 17.2. The summed E-state index contributed by atoms with van der Waals surface area (Å²) in [5, 5.41) is 7.30. The summed E-state index contributed by atoms with van der Waals surface area (Å²) < 4.78 is 11.8. The summed E-state index contributed by atoms with van der Waals surface area (Å²) in [5.41, 5.74) is 0.910. The molecule has 7 nitrogen and oxygen atoms in total. The van der Waals surface area contributed by atoms with Crippen molar-refractivity contribution in [2.45, 2.75) is 31.9 Å². The molecule has 0 bridgehead atoms. The van der Waals surface area contributed by atoms with Gasteiger partial charge >= 0.3 is 0 Å². The summed E-state index contributed by atoms with van der Waals surface area (Å²) >= 11 is 1.41. The number of amides is 1. The van der Waals surface area contributed by atoms with E-state index < -0.39 is 0 Å². The van der Waals surface area contributed by atoms with Gasteiger partial charge in [0, 0.05) is 6.04 Å². The molecule has 1 aliphatic heterocycles. The van der Waals surface area contributed by atoms with Crippen LogP contribution in [-0.4, -0.2) is 41.2 Å². The van der Waals surface area contributed by atoms with Crippen LogP contribution in [0.5, 0.6) is 11.5 Å². The van der Waals surface area contributed by atoms with Gasteiger partial charge in [0.25, 0.3) is 5.91 Å². The minimum atomic E-state index is -0.128. The maximum atomic E-state index is 12.5. The van der Waals surface area contributed by atoms with Crippen LogP contribution < -0.4 is 20.1 Å². The molecule has 5 rings (SSSR count). The fourth-order valence-corrected chi connectivity index (χ4v) is 4.33. The fourth-order valence-electron chi connectivity index (χ4n) is 3.28. The van der Waals surface area contributed by atoms with Gasteiger partial charge < -0.3 is 20.1 Å². The van der Waals surface area contributed by atoms with Crippen LogP contribution >= 0.6 is 11.3 Å². The molecule has 1 fully saturated rings. The summed E-state index contributed by atoms with van der Waals surface area (Å²) in [6.45, 7) is 2.96. The Labute approximate surface area is 166 Å². The van der Waals surface area contributed by atoms with E-state index in [-0.39, 0.29) is 12.0 Å². The van der Waals surface area contributed by atoms with Crippen LogP contribution in [0.15, 0.2) is 30.6 Å². The van der Waals surface area contributed by atoms with Crippen molar-refractivity contribution in [1.82, 2.24) is 15.3 Å². The number of nitrogens with one attached hydrogen (secondary N) is 2. The van der Waals surface area contributed by atoms with Gasteiger partial charge in [-0.1, -0.05) is 12.1 Å². The molecule has 1 aromatic carbocycles. The number of rotatable bonds is 5. The van der Waals surface area contributed by atoms with Gasteiger partial charge in [0.2, 0.25) is 0 Å². The molecule has 2 aliphatic rings. The van der Waals surface area contributed by atoms with E-state index in [9.17, 15) is 4.79 Å². The number of para-hydroxylation sites is 2. The third kappa shape index (κ3) is 3.24. The van der Waals surface area contributed by atoms with Crippen LogP contribution in [0.3, 0.4) is 0 Å². The molecule has 3 heterocycles. The molecule has 0 radical (unpaired) electrons. The lowest BCUT2D eigenvalue weighted by Crippen LogP contribution is -2.35. The number of aromatic nitrogens is 2. The van der Waals surface area contributed by atoms with Crippen molar-refractivity contribution < 1.29 is 14.3 Å². The van der Waals surface area contributed by atoms with E-state index in [4.69, 9.17) is 9.47 Å². The zero-order valence-corrected chi connectivity index (χ0v) is 16.2. The molecule has 1 amide bonds. The number of carbonyl (C=O) groups excluding carboxylic acids is 1. The Kier molecular flexibility index (Phi) is 4.27. The highest BCUT2D eigenvalue weighted by molar-refractivity contribution is 7.20. The molecule has 0 unspecified atom stereocenters. The number of carbonyl (C=O) groups is 1. The quantitative estimate of drug-likeness (QED) is 0.689. The Bertz CT molecular complexity index is 1050. The van der Waals surface area contributed by atoms with Crippen LogP contribution in [0.1, 0.15) is 28.1 Å². The van der Waals surface area contributed by atoms with Gasteiger partial charge in [-0.05, 0) is 37.5 Å². The zero-order valence-electron chi connectivity index (χ0n) is 15.4. The molecule has 0 spiro atoms. The lowest BCUT2D eigenvalue weighted by Gasteiger charge is -2.26. The molecule has 1 aliphatic carbocycles. The number of anilines is 1. The maximum absolute atomic E-state index is 12.5. The Hall–Kier alpha value is -2.87. The number of aryl methyl sites for hydroxylation is 1. The second-order valence-corrected chi connectivity index (χ2v) is 8.08. The molecular weight excluding hydrogens is 376 g/mol. The van der Waals surface area contributed by atoms with Gasteiger partial charge in [0.1, 0.15) is 29.7 Å². The fraction of sp³-hybridized carbons (Fsp3) is 0.350. The summed E-state index contributed by atoms with van der Waals surface area (Å²) in [7, 11) is 0. The van der Waals surface area contributed by atoms with Crippen molar-refractivity contribution in [2.75, 3.05) is 18.5 Å². The van der Waals surface area contributed by atoms with Crippen molar-refractivity contribution in [2.24, 2.45) is 0 Å². The molecule has 28 heavy (non-hydrogen) atoms. The highest BCUT2D eigenvalue weighted by atomic mass is 32.1. The summed E-state index contributed by atoms with van der Waals surface area (Å²) in [4.78, 5) is 22.8. The first-order valence-corrected chi connectivity index (χ1v) is 10.2. The number of benzene rings is 1. The molecule has 8 heteroatoms. The number of fused-ring (bicyclic) bond motifs is 2. The number of ether oxygens (including phenoxy) is 2. The number of nitrogens with zero attached hydrogens (tertiary/aromatic N) is 2. The predicted octanol–water partition coefficient (Wildman–Crippen LogP) is 3.14. The lowest BCUT2D eigenvalue weighted by atomic mass is 10.2. The van der Waals surface area contributed by atoms with Crippen LogP contribution in [0, 0.1) is 6.92 Å². The molecule has 2 aromatic heterocycles. The summed E-state index contributed by atoms with van der Waals surface area (Å²) in [5.74, 6) is 2.21. The first-order valence-electron chi connectivity index (χ1n) is 9.36. The number of hydrogen-bond donors (Lipinski definition) is 2. The van der Waals surface area contributed by atoms with Gasteiger partial charge in [0.05, 0.1) is 16.8 Å². The van der Waals surface area contributed by atoms with Crippen LogP contribution in [-0.2, 0) is 0 Å². The van der Waals surface area contributed by atoms with Crippen LogP contribution in [0.25, 0.3) is 10.2 Å². The largest absolute Gasteiger partial charge is 0.486 e. The minimum Gasteiger partial charge on any atom is -0.486 e. The van der Waals surface area contributed by atoms with Gasteiger partial charge in [-0.3, -0.25) is 4.79 Å². The van der Waals surface area contributed by atoms with Crippen molar-refractivity contribution in [3.63, 3.8) is 0 Å². The zero-order chi connectivity index (χ0) is 19.1. The monoisotopic (exact) mass is 396 g/mol. The first-order chi connectivity index (χ1) is 13.7. The molecule has 1 atom stereocenters. The Morgan fingerprint density at radius 3 is 2.89 bits per heavy atom. The van der Waals surface area contributed by atoms with Crippen molar-refractivity contribution in [3.8, 4) is 11.5 Å². The van der Waals surface area contributed by atoms with Gasteiger partial charge in [0.15, 0.2) is 11.5 Å². The Morgan fingerprint density at radius 1 is 1.25 bits per heavy atom. The Morgan fingerprint density at radius 2 is 2.07 bits per heavy atom. The molecule has 1 saturated carbocycles. The van der Waals surface area contributed by atoms with Gasteiger partial charge in [-0.15, -0.1) is 11.3 Å². The minimum absolute atomic E-state index is 0.0189. The van der Waals surface area contributed by atoms with E-state index >= 15 is 0 Å². The van der Waals surface area contributed by atoms with Gasteiger partial charge in [-0.25, -0.2) is 9.97 Å². The number of thiophene rings is 1. The standard InChI is InChI=1S/C20H20N4O3S/c1-11-16-18(21-8-13-9-26-14-4-2-3-5-15(14)27-13)22-10-23-20(16)28-17(11)19(25)24-12-6-7-12/h2-5,10,12-13H,6-9H2,1H3,(H,24,25)(H,21,22,23)/t13-/m1/s1. The van der Waals surface area contributed by atoms with Gasteiger partial charge in [-0.2, -0.15) is 0 Å². The molecule has 3 aromatic rings. The topological polar surface area (TPSA) is 85.4 Å².